The molecule has 0 rings (SSSR count). The maximum Gasteiger partial charge on any atom is 0.0512 e. The third kappa shape index (κ3) is 6.12. The Hall–Kier alpha value is -0.610. The zero-order valence-corrected chi connectivity index (χ0v) is 8.18. The summed E-state index contributed by atoms with van der Waals surface area (Å²) in [5.41, 5.74) is 5.29. The van der Waals surface area contributed by atoms with Crippen LogP contribution < -0.4 is 5.73 Å². The molecule has 0 saturated heterocycles. The zero-order valence-electron chi connectivity index (χ0n) is 7.36. The quantitative estimate of drug-likeness (QED) is 0.634. The van der Waals surface area contributed by atoms with Crippen LogP contribution in [0.25, 0.3) is 0 Å². The number of nitrogens with two attached hydrogens (primary N) is 1. The van der Waals surface area contributed by atoms with Crippen LogP contribution in [0.15, 0.2) is 21.1 Å². The fourth-order valence-corrected chi connectivity index (χ4v) is 1.23. The average Bonchev–Trinajstić information content (AvgIpc) is 2.06. The number of hydrogen-bond acceptors (Lipinski definition) is 4. The van der Waals surface area contributed by atoms with Gasteiger partial charge in [0.15, 0.2) is 0 Å². The molecule has 4 heteroatoms. The van der Waals surface area contributed by atoms with E-state index in [1.807, 2.05) is 0 Å². The van der Waals surface area contributed by atoms with E-state index in [1.54, 1.807) is 24.2 Å². The highest BCUT2D eigenvalue weighted by Crippen LogP contribution is 2.12. The first-order valence-corrected chi connectivity index (χ1v) is 4.82. The highest BCUT2D eigenvalue weighted by Gasteiger charge is 1.89. The van der Waals surface area contributed by atoms with Crippen LogP contribution in [-0.4, -0.2) is 31.8 Å². The van der Waals surface area contributed by atoms with Crippen molar-refractivity contribution in [3.8, 4) is 0 Å². The number of hydrogen-bond donors (Lipinski definition) is 1. The van der Waals surface area contributed by atoms with Crippen molar-refractivity contribution in [1.82, 2.24) is 0 Å². The van der Waals surface area contributed by atoms with E-state index in [4.69, 9.17) is 5.73 Å². The molecule has 0 unspecified atom stereocenters. The zero-order chi connectivity index (χ0) is 9.23. The van der Waals surface area contributed by atoms with E-state index in [1.165, 1.54) is 0 Å². The van der Waals surface area contributed by atoms with Crippen molar-refractivity contribution >= 4 is 24.7 Å². The van der Waals surface area contributed by atoms with E-state index in [2.05, 4.69) is 23.6 Å². The number of allylic oxidation sites excluding steroid dienone is 1. The summed E-state index contributed by atoms with van der Waals surface area (Å²) < 4.78 is 0. The minimum Gasteiger partial charge on any atom is -0.329 e. The van der Waals surface area contributed by atoms with E-state index in [9.17, 15) is 0 Å². The molecule has 0 spiro atoms. The summed E-state index contributed by atoms with van der Waals surface area (Å²) in [6, 6.07) is 0. The van der Waals surface area contributed by atoms with Gasteiger partial charge in [0.05, 0.1) is 6.54 Å². The molecule has 0 amide bonds. The number of rotatable bonds is 6. The molecular formula is C8H15N3S. The number of thioether (sulfide) groups is 1. The van der Waals surface area contributed by atoms with Crippen molar-refractivity contribution in [3.63, 3.8) is 0 Å². The lowest BCUT2D eigenvalue weighted by Crippen LogP contribution is -2.02. The van der Waals surface area contributed by atoms with Gasteiger partial charge in [0.1, 0.15) is 0 Å². The van der Waals surface area contributed by atoms with Crippen LogP contribution in [0.4, 0.5) is 0 Å². The van der Waals surface area contributed by atoms with Gasteiger partial charge in [0.25, 0.3) is 0 Å². The lowest BCUT2D eigenvalue weighted by atomic mass is 10.6. The van der Waals surface area contributed by atoms with Gasteiger partial charge < -0.3 is 5.73 Å². The molecule has 0 bridgehead atoms. The van der Waals surface area contributed by atoms with E-state index in [0.29, 0.717) is 13.1 Å². The highest BCUT2D eigenvalue weighted by atomic mass is 32.2. The Kier molecular flexibility index (Phi) is 8.05. The summed E-state index contributed by atoms with van der Waals surface area (Å²) in [7, 11) is 0. The first-order valence-electron chi connectivity index (χ1n) is 3.83. The molecule has 0 aliphatic rings. The van der Waals surface area contributed by atoms with Gasteiger partial charge in [0.2, 0.25) is 0 Å². The maximum atomic E-state index is 5.29. The second kappa shape index (κ2) is 8.49. The SMILES string of the molecule is C=N/C=C(\C=NCCN)SCC. The van der Waals surface area contributed by atoms with Crippen molar-refractivity contribution in [2.45, 2.75) is 6.92 Å². The molecule has 0 atom stereocenters. The molecule has 0 aromatic rings. The largest absolute Gasteiger partial charge is 0.329 e. The van der Waals surface area contributed by atoms with E-state index < -0.39 is 0 Å². The molecule has 0 aromatic carbocycles. The van der Waals surface area contributed by atoms with Gasteiger partial charge in [-0.05, 0) is 12.5 Å². The highest BCUT2D eigenvalue weighted by molar-refractivity contribution is 8.03. The Labute approximate surface area is 77.9 Å². The van der Waals surface area contributed by atoms with Crippen molar-refractivity contribution in [3.05, 3.63) is 11.1 Å². The van der Waals surface area contributed by atoms with E-state index in [0.717, 1.165) is 10.7 Å². The molecule has 0 fully saturated rings. The standard InChI is InChI=1S/C8H15N3S/c1-3-12-8(6-10-2)7-11-5-4-9/h6-7H,2-5,9H2,1H3/b8-6+,11-7?. The number of aliphatic imine (C=N–C) groups is 2. The Morgan fingerprint density at radius 2 is 2.42 bits per heavy atom. The summed E-state index contributed by atoms with van der Waals surface area (Å²) in [5, 5.41) is 0. The van der Waals surface area contributed by atoms with E-state index >= 15 is 0 Å². The molecule has 12 heavy (non-hydrogen) atoms. The molecule has 0 aliphatic carbocycles. The average molecular weight is 185 g/mol. The summed E-state index contributed by atoms with van der Waals surface area (Å²) in [6.07, 6.45) is 3.49. The van der Waals surface area contributed by atoms with Crippen molar-refractivity contribution in [2.75, 3.05) is 18.8 Å². The monoisotopic (exact) mass is 185 g/mol. The minimum atomic E-state index is 0.585. The summed E-state index contributed by atoms with van der Waals surface area (Å²) in [4.78, 5) is 8.81. The van der Waals surface area contributed by atoms with Crippen LogP contribution in [-0.2, 0) is 0 Å². The van der Waals surface area contributed by atoms with Gasteiger partial charge in [-0.2, -0.15) is 0 Å². The lowest BCUT2D eigenvalue weighted by molar-refractivity contribution is 0.981. The smallest absolute Gasteiger partial charge is 0.0512 e. The van der Waals surface area contributed by atoms with Gasteiger partial charge in [-0.15, -0.1) is 11.8 Å². The van der Waals surface area contributed by atoms with Crippen molar-refractivity contribution in [1.29, 1.82) is 0 Å². The predicted molar refractivity (Wildman–Crippen MR) is 58.2 cm³/mol. The van der Waals surface area contributed by atoms with Gasteiger partial charge in [0, 0.05) is 23.9 Å². The first-order chi connectivity index (χ1) is 5.85. The van der Waals surface area contributed by atoms with Crippen LogP contribution in [0, 0.1) is 0 Å². The van der Waals surface area contributed by atoms with Crippen LogP contribution in [0.1, 0.15) is 6.92 Å². The van der Waals surface area contributed by atoms with Crippen LogP contribution in [0.5, 0.6) is 0 Å². The Balaban J connectivity index is 3.94. The van der Waals surface area contributed by atoms with Gasteiger partial charge in [-0.25, -0.2) is 0 Å². The second-order valence-corrected chi connectivity index (χ2v) is 3.31. The molecule has 68 valence electrons. The normalized spacial score (nSPS) is 12.3. The topological polar surface area (TPSA) is 50.7 Å². The molecular weight excluding hydrogens is 170 g/mol. The van der Waals surface area contributed by atoms with Crippen molar-refractivity contribution < 1.29 is 0 Å². The van der Waals surface area contributed by atoms with Crippen LogP contribution in [0.2, 0.25) is 0 Å². The molecule has 3 nitrogen and oxygen atoms in total. The Morgan fingerprint density at radius 1 is 1.67 bits per heavy atom. The fourth-order valence-electron chi connectivity index (χ4n) is 0.594. The molecule has 0 radical (unpaired) electrons. The van der Waals surface area contributed by atoms with Crippen LogP contribution >= 0.6 is 11.8 Å². The second-order valence-electron chi connectivity index (χ2n) is 1.97. The Bertz CT molecular complexity index is 175. The molecule has 0 heterocycles. The summed E-state index contributed by atoms with van der Waals surface area (Å²) >= 11 is 1.69. The Morgan fingerprint density at radius 3 is 2.92 bits per heavy atom. The first kappa shape index (κ1) is 11.4. The third-order valence-electron chi connectivity index (χ3n) is 1.01. The molecule has 0 aliphatic heterocycles. The van der Waals surface area contributed by atoms with Gasteiger partial charge in [-0.1, -0.05) is 6.92 Å². The lowest BCUT2D eigenvalue weighted by Gasteiger charge is -1.95. The third-order valence-corrected chi connectivity index (χ3v) is 1.84. The van der Waals surface area contributed by atoms with Gasteiger partial charge in [-0.3, -0.25) is 9.98 Å². The number of nitrogens with zero attached hydrogens (tertiary/aromatic N) is 2. The predicted octanol–water partition coefficient (Wildman–Crippen LogP) is 1.31. The van der Waals surface area contributed by atoms with E-state index in [-0.39, 0.29) is 0 Å². The minimum absolute atomic E-state index is 0.585. The summed E-state index contributed by atoms with van der Waals surface area (Å²) in [6.45, 7) is 6.72. The molecule has 2 N–H and O–H groups in total. The summed E-state index contributed by atoms with van der Waals surface area (Å²) in [5.74, 6) is 1.01. The fraction of sp³-hybridized carbons (Fsp3) is 0.500. The van der Waals surface area contributed by atoms with Crippen LogP contribution in [0.3, 0.4) is 0 Å². The maximum absolute atomic E-state index is 5.29. The van der Waals surface area contributed by atoms with Crippen molar-refractivity contribution in [2.24, 2.45) is 15.7 Å². The molecule has 0 aromatic heterocycles. The molecule has 0 saturated carbocycles. The van der Waals surface area contributed by atoms with Gasteiger partial charge >= 0.3 is 0 Å².